The number of carbonyl (C=O) groups is 1. The lowest BCUT2D eigenvalue weighted by Crippen LogP contribution is -2.26. The van der Waals surface area contributed by atoms with Gasteiger partial charge in [0.1, 0.15) is 0 Å². The number of hydrogen-bond acceptors (Lipinski definition) is 5. The highest BCUT2D eigenvalue weighted by atomic mass is 16.6. The zero-order valence-corrected chi connectivity index (χ0v) is 4.05. The number of carboxylic acids is 1. The zero-order chi connectivity index (χ0) is 7.44. The van der Waals surface area contributed by atoms with E-state index in [0.717, 1.165) is 0 Å². The molecule has 7 nitrogen and oxygen atoms in total. The average molecular weight is 134 g/mol. The van der Waals surface area contributed by atoms with Crippen molar-refractivity contribution in [3.63, 3.8) is 0 Å². The van der Waals surface area contributed by atoms with Gasteiger partial charge in [0.15, 0.2) is 0 Å². The fraction of sp³-hybridized carbons (Fsp3) is 0.500. The Morgan fingerprint density at radius 3 is 2.22 bits per heavy atom. The standard InChI is InChI=1S/C2H2N2O5/c5-2(6)1(3-7)4(8)9/h1H,(H,5,6). The minimum atomic E-state index is -2.37. The van der Waals surface area contributed by atoms with Gasteiger partial charge in [0, 0.05) is 5.18 Å². The van der Waals surface area contributed by atoms with Gasteiger partial charge in [-0.3, -0.25) is 10.1 Å². The van der Waals surface area contributed by atoms with Gasteiger partial charge in [0.05, 0.1) is 4.92 Å². The molecule has 0 heterocycles. The van der Waals surface area contributed by atoms with Crippen molar-refractivity contribution in [1.82, 2.24) is 0 Å². The zero-order valence-electron chi connectivity index (χ0n) is 4.05. The van der Waals surface area contributed by atoms with E-state index in [1.54, 1.807) is 5.18 Å². The van der Waals surface area contributed by atoms with Gasteiger partial charge in [-0.05, 0) is 0 Å². The van der Waals surface area contributed by atoms with E-state index < -0.39 is 17.1 Å². The Bertz CT molecular complexity index is 139. The molecule has 0 saturated carbocycles. The van der Waals surface area contributed by atoms with Gasteiger partial charge >= 0.3 is 12.1 Å². The predicted octanol–water partition coefficient (Wildman–Crippen LogP) is -0.560. The van der Waals surface area contributed by atoms with Crippen LogP contribution in [0.1, 0.15) is 0 Å². The van der Waals surface area contributed by atoms with Crippen molar-refractivity contribution in [1.29, 1.82) is 0 Å². The minimum Gasteiger partial charge on any atom is -0.475 e. The lowest BCUT2D eigenvalue weighted by atomic mass is 10.6. The molecule has 0 rings (SSSR count). The molecule has 7 heteroatoms. The summed E-state index contributed by atoms with van der Waals surface area (Å²) in [6.07, 6.45) is -2.37. The number of nitro groups is 1. The number of aliphatic carboxylic acids is 1. The second-order valence-electron chi connectivity index (χ2n) is 1.10. The van der Waals surface area contributed by atoms with Crippen molar-refractivity contribution in [2.45, 2.75) is 6.17 Å². The molecular weight excluding hydrogens is 132 g/mol. The molecule has 1 atom stereocenters. The maximum atomic E-state index is 9.64. The molecule has 0 aromatic heterocycles. The molecule has 0 aromatic rings. The summed E-state index contributed by atoms with van der Waals surface area (Å²) in [4.78, 5) is 27.2. The molecule has 0 aliphatic heterocycles. The molecule has 1 N–H and O–H groups in total. The third-order valence-corrected chi connectivity index (χ3v) is 0.520. The van der Waals surface area contributed by atoms with Crippen LogP contribution in [0, 0.1) is 15.0 Å². The quantitative estimate of drug-likeness (QED) is 0.316. The van der Waals surface area contributed by atoms with Crippen LogP contribution in [0.4, 0.5) is 0 Å². The summed E-state index contributed by atoms with van der Waals surface area (Å²) in [6, 6.07) is 0. The van der Waals surface area contributed by atoms with Gasteiger partial charge < -0.3 is 5.11 Å². The van der Waals surface area contributed by atoms with Gasteiger partial charge in [0.25, 0.3) is 0 Å². The molecule has 0 fully saturated rings. The van der Waals surface area contributed by atoms with Gasteiger partial charge in [-0.2, -0.15) is 0 Å². The normalized spacial score (nSPS) is 12.0. The van der Waals surface area contributed by atoms with Crippen LogP contribution in [0.3, 0.4) is 0 Å². The average Bonchev–Trinajstić information content (AvgIpc) is 1.64. The lowest BCUT2D eigenvalue weighted by molar-refractivity contribution is -0.508. The van der Waals surface area contributed by atoms with Crippen molar-refractivity contribution in [3.8, 4) is 0 Å². The van der Waals surface area contributed by atoms with Crippen molar-refractivity contribution in [3.05, 3.63) is 15.0 Å². The SMILES string of the molecule is O=NC(C(=O)O)[N+](=O)[O-]. The third kappa shape index (κ3) is 1.80. The first kappa shape index (κ1) is 7.47. The minimum absolute atomic E-state index is 1.28. The molecule has 0 aliphatic carbocycles. The molecular formula is C2H2N2O5. The van der Waals surface area contributed by atoms with Gasteiger partial charge in [0.2, 0.25) is 0 Å². The highest BCUT2D eigenvalue weighted by Gasteiger charge is 2.29. The van der Waals surface area contributed by atoms with E-state index in [4.69, 9.17) is 5.11 Å². The van der Waals surface area contributed by atoms with Crippen LogP contribution in [0.5, 0.6) is 0 Å². The number of nitrogens with zero attached hydrogens (tertiary/aromatic N) is 2. The summed E-state index contributed by atoms with van der Waals surface area (Å²) >= 11 is 0. The fourth-order valence-electron chi connectivity index (χ4n) is 0.174. The van der Waals surface area contributed by atoms with E-state index in [0.29, 0.717) is 0 Å². The highest BCUT2D eigenvalue weighted by molar-refractivity contribution is 5.71. The third-order valence-electron chi connectivity index (χ3n) is 0.520. The Morgan fingerprint density at radius 2 is 2.22 bits per heavy atom. The molecule has 0 amide bonds. The Labute approximate surface area is 48.4 Å². The first-order valence-corrected chi connectivity index (χ1v) is 1.78. The van der Waals surface area contributed by atoms with E-state index in [1.807, 2.05) is 0 Å². The number of carboxylic acid groups (broad SMARTS) is 1. The Hall–Kier alpha value is -1.53. The largest absolute Gasteiger partial charge is 0.475 e. The number of hydrogen-bond donors (Lipinski definition) is 1. The Balaban J connectivity index is 4.16. The first-order chi connectivity index (χ1) is 4.09. The van der Waals surface area contributed by atoms with Crippen LogP contribution in [0.15, 0.2) is 5.18 Å². The topological polar surface area (TPSA) is 110 Å². The van der Waals surface area contributed by atoms with Crippen LogP contribution in [-0.2, 0) is 4.79 Å². The number of rotatable bonds is 3. The van der Waals surface area contributed by atoms with Crippen LogP contribution in [0.25, 0.3) is 0 Å². The molecule has 0 aromatic carbocycles. The molecule has 9 heavy (non-hydrogen) atoms. The van der Waals surface area contributed by atoms with Crippen LogP contribution in [0.2, 0.25) is 0 Å². The fourth-order valence-corrected chi connectivity index (χ4v) is 0.174. The van der Waals surface area contributed by atoms with Gasteiger partial charge in [-0.25, -0.2) is 4.79 Å². The summed E-state index contributed by atoms with van der Waals surface area (Å²) in [6.45, 7) is 0. The van der Waals surface area contributed by atoms with E-state index in [2.05, 4.69) is 0 Å². The van der Waals surface area contributed by atoms with Crippen LogP contribution in [-0.4, -0.2) is 22.2 Å². The summed E-state index contributed by atoms with van der Waals surface area (Å²) in [5, 5.41) is 19.0. The highest BCUT2D eigenvalue weighted by Crippen LogP contribution is 1.89. The molecule has 0 radical (unpaired) electrons. The van der Waals surface area contributed by atoms with Crippen molar-refractivity contribution in [2.24, 2.45) is 5.18 Å². The summed E-state index contributed by atoms with van der Waals surface area (Å²) in [5.41, 5.74) is 0. The van der Waals surface area contributed by atoms with Crippen molar-refractivity contribution < 1.29 is 14.8 Å². The predicted molar refractivity (Wildman–Crippen MR) is 24.2 cm³/mol. The summed E-state index contributed by atoms with van der Waals surface area (Å²) in [5.74, 6) is -1.85. The van der Waals surface area contributed by atoms with Crippen molar-refractivity contribution in [2.75, 3.05) is 0 Å². The summed E-state index contributed by atoms with van der Waals surface area (Å²) in [7, 11) is 0. The first-order valence-electron chi connectivity index (χ1n) is 1.78. The molecule has 50 valence electrons. The molecule has 0 bridgehead atoms. The lowest BCUT2D eigenvalue weighted by Gasteiger charge is -1.90. The Kier molecular flexibility index (Phi) is 2.24. The van der Waals surface area contributed by atoms with E-state index >= 15 is 0 Å². The second kappa shape index (κ2) is 2.70. The van der Waals surface area contributed by atoms with E-state index in [-0.39, 0.29) is 0 Å². The molecule has 0 spiro atoms. The number of nitroso groups, excluding NO2 is 1. The Morgan fingerprint density at radius 1 is 1.78 bits per heavy atom. The van der Waals surface area contributed by atoms with E-state index in [9.17, 15) is 19.8 Å². The van der Waals surface area contributed by atoms with E-state index in [1.165, 1.54) is 0 Å². The van der Waals surface area contributed by atoms with Gasteiger partial charge in [-0.15, -0.1) is 4.91 Å². The summed E-state index contributed by atoms with van der Waals surface area (Å²) < 4.78 is 0. The van der Waals surface area contributed by atoms with Crippen LogP contribution < -0.4 is 0 Å². The second-order valence-corrected chi connectivity index (χ2v) is 1.10. The smallest absolute Gasteiger partial charge is 0.433 e. The van der Waals surface area contributed by atoms with Gasteiger partial charge in [-0.1, -0.05) is 0 Å². The molecule has 0 saturated heterocycles. The van der Waals surface area contributed by atoms with Crippen LogP contribution >= 0.6 is 0 Å². The maximum Gasteiger partial charge on any atom is 0.433 e. The maximum absolute atomic E-state index is 9.64. The molecule has 1 unspecified atom stereocenters. The molecule has 0 aliphatic rings. The van der Waals surface area contributed by atoms with Crippen molar-refractivity contribution >= 4 is 5.97 Å². The monoisotopic (exact) mass is 134 g/mol.